The van der Waals surface area contributed by atoms with Crippen LogP contribution in [-0.4, -0.2) is 32.1 Å². The van der Waals surface area contributed by atoms with Crippen molar-refractivity contribution >= 4 is 18.4 Å². The fourth-order valence-corrected chi connectivity index (χ4v) is 1.68. The van der Waals surface area contributed by atoms with Gasteiger partial charge in [-0.05, 0) is 0 Å². The number of hydrogen-bond acceptors (Lipinski definition) is 3. The summed E-state index contributed by atoms with van der Waals surface area (Å²) in [6, 6.07) is 0. The first-order chi connectivity index (χ1) is 3.68. The van der Waals surface area contributed by atoms with Gasteiger partial charge in [0.2, 0.25) is 0 Å². The molecule has 0 aliphatic rings. The average Bonchev–Trinajstić information content (AvgIpc) is 1.87. The van der Waals surface area contributed by atoms with E-state index in [1.165, 1.54) is 0 Å². The van der Waals surface area contributed by atoms with Gasteiger partial charge in [0.05, 0.1) is 0 Å². The normalized spacial score (nSPS) is 12.0. The molecule has 3 nitrogen and oxygen atoms in total. The van der Waals surface area contributed by atoms with Crippen molar-refractivity contribution in [1.82, 2.24) is 0 Å². The average molecular weight is 224 g/mol. The van der Waals surface area contributed by atoms with Crippen LogP contribution in [0.15, 0.2) is 0 Å². The summed E-state index contributed by atoms with van der Waals surface area (Å²) >= 11 is -2.00. The van der Waals surface area contributed by atoms with Crippen molar-refractivity contribution in [3.8, 4) is 0 Å². The quantitative estimate of drug-likeness (QED) is 0.513. The van der Waals surface area contributed by atoms with Gasteiger partial charge in [-0.15, -0.1) is 0 Å². The van der Waals surface area contributed by atoms with Crippen molar-refractivity contribution in [2.24, 2.45) is 17.2 Å². The molecule has 0 atom stereocenters. The molecule has 0 radical (unpaired) electrons. The number of nitrogens with two attached hydrogens (primary N) is 3. The molecule has 0 spiro atoms. The van der Waals surface area contributed by atoms with E-state index < -0.39 is 18.4 Å². The van der Waals surface area contributed by atoms with Gasteiger partial charge < -0.3 is 0 Å². The first-order valence-corrected chi connectivity index (χ1v) is 11.7. The Balaban J connectivity index is 3.58. The molecule has 0 aromatic rings. The summed E-state index contributed by atoms with van der Waals surface area (Å²) in [5, 5.41) is 0. The van der Waals surface area contributed by atoms with Crippen molar-refractivity contribution < 1.29 is 0 Å². The topological polar surface area (TPSA) is 78.1 Å². The van der Waals surface area contributed by atoms with Crippen molar-refractivity contribution in [2.45, 2.75) is 4.94 Å². The fourth-order valence-electron chi connectivity index (χ4n) is 0.250. The second kappa shape index (κ2) is 3.66. The molecule has 4 heteroatoms. The zero-order chi connectivity index (χ0) is 6.62. The number of hydrogen-bond donors (Lipinski definition) is 3. The summed E-state index contributed by atoms with van der Waals surface area (Å²) in [6.07, 6.45) is 0. The molecule has 0 aliphatic carbocycles. The van der Waals surface area contributed by atoms with Gasteiger partial charge >= 0.3 is 54.2 Å². The summed E-state index contributed by atoms with van der Waals surface area (Å²) in [4.78, 5) is 2.19. The van der Waals surface area contributed by atoms with Crippen LogP contribution in [0.5, 0.6) is 0 Å². The van der Waals surface area contributed by atoms with E-state index in [2.05, 4.69) is 4.94 Å². The Hall–Kier alpha value is 0.679. The van der Waals surface area contributed by atoms with Crippen molar-refractivity contribution in [3.05, 3.63) is 0 Å². The van der Waals surface area contributed by atoms with E-state index >= 15 is 0 Å². The zero-order valence-corrected chi connectivity index (χ0v) is 8.21. The van der Waals surface area contributed by atoms with Gasteiger partial charge in [-0.25, -0.2) is 0 Å². The van der Waals surface area contributed by atoms with E-state index in [9.17, 15) is 0 Å². The van der Waals surface area contributed by atoms with Crippen LogP contribution in [0.3, 0.4) is 0 Å². The van der Waals surface area contributed by atoms with Crippen LogP contribution in [0.1, 0.15) is 0 Å². The van der Waals surface area contributed by atoms with Gasteiger partial charge in [0.15, 0.2) is 0 Å². The predicted octanol–water partition coefficient (Wildman–Crippen LogP) is -1.44. The summed E-state index contributed by atoms with van der Waals surface area (Å²) < 4.78 is 2.34. The number of rotatable bonds is 3. The molecule has 0 saturated heterocycles. The summed E-state index contributed by atoms with van der Waals surface area (Å²) in [5.41, 5.74) is 16.4. The molecule has 8 heavy (non-hydrogen) atoms. The van der Waals surface area contributed by atoms with E-state index in [4.69, 9.17) is 17.2 Å². The molecule has 0 amide bonds. The van der Waals surface area contributed by atoms with Crippen LogP contribution >= 0.6 is 0 Å². The Bertz CT molecular complexity index is 54.0. The van der Waals surface area contributed by atoms with Crippen LogP contribution < -0.4 is 17.2 Å². The molecule has 0 aromatic carbocycles. The van der Waals surface area contributed by atoms with Gasteiger partial charge in [-0.3, -0.25) is 0 Å². The van der Waals surface area contributed by atoms with Gasteiger partial charge in [-0.1, -0.05) is 0 Å². The van der Waals surface area contributed by atoms with Gasteiger partial charge in [0.25, 0.3) is 0 Å². The third-order valence-corrected chi connectivity index (χ3v) is 9.92. The molecule has 6 N–H and O–H groups in total. The zero-order valence-electron chi connectivity index (χ0n) is 5.35. The fraction of sp³-hybridized carbons (Fsp3) is 1.00. The monoisotopic (exact) mass is 225 g/mol. The minimum atomic E-state index is -2.00. The molecule has 0 unspecified atom stereocenters. The molecular weight excluding hydrogens is 209 g/mol. The Kier molecular flexibility index (Phi) is 3.97. The SMILES string of the molecule is [CH3][Sn]([CH2]N)([CH2]N)[CH2]N. The minimum absolute atomic E-state index is 0.779. The second-order valence-corrected chi connectivity index (χ2v) is 16.3. The van der Waals surface area contributed by atoms with Gasteiger partial charge in [-0.2, -0.15) is 0 Å². The molecule has 0 aliphatic heterocycles. The maximum absolute atomic E-state index is 5.46. The Morgan fingerprint density at radius 3 is 1.25 bits per heavy atom. The van der Waals surface area contributed by atoms with E-state index in [0.29, 0.717) is 0 Å². The van der Waals surface area contributed by atoms with Crippen LogP contribution in [0.25, 0.3) is 0 Å². The molecule has 0 aromatic heterocycles. The van der Waals surface area contributed by atoms with Crippen LogP contribution in [0, 0.1) is 0 Å². The van der Waals surface area contributed by atoms with E-state index in [1.807, 2.05) is 0 Å². The van der Waals surface area contributed by atoms with Crippen LogP contribution in [0.4, 0.5) is 0 Å². The van der Waals surface area contributed by atoms with E-state index in [1.54, 1.807) is 0 Å². The van der Waals surface area contributed by atoms with Crippen LogP contribution in [-0.2, 0) is 0 Å². The van der Waals surface area contributed by atoms with E-state index in [-0.39, 0.29) is 0 Å². The summed E-state index contributed by atoms with van der Waals surface area (Å²) in [6.45, 7) is 0. The van der Waals surface area contributed by atoms with Gasteiger partial charge in [0, 0.05) is 0 Å². The Morgan fingerprint density at radius 1 is 1.00 bits per heavy atom. The maximum atomic E-state index is 5.46. The molecule has 0 bridgehead atoms. The molecule has 0 fully saturated rings. The Morgan fingerprint density at radius 2 is 1.25 bits per heavy atom. The van der Waals surface area contributed by atoms with Gasteiger partial charge in [0.1, 0.15) is 0 Å². The van der Waals surface area contributed by atoms with Crippen molar-refractivity contribution in [3.63, 3.8) is 0 Å². The first kappa shape index (κ1) is 8.68. The molecule has 0 heterocycles. The molecular formula is C4H15N3Sn. The predicted molar refractivity (Wildman–Crippen MR) is 38.8 cm³/mol. The van der Waals surface area contributed by atoms with E-state index in [0.717, 1.165) is 13.7 Å². The van der Waals surface area contributed by atoms with Crippen LogP contribution in [0.2, 0.25) is 4.94 Å². The third kappa shape index (κ3) is 2.30. The summed E-state index contributed by atoms with van der Waals surface area (Å²) in [7, 11) is 0. The third-order valence-electron chi connectivity index (χ3n) is 1.48. The molecule has 0 saturated carbocycles. The van der Waals surface area contributed by atoms with Crippen molar-refractivity contribution in [2.75, 3.05) is 13.7 Å². The van der Waals surface area contributed by atoms with Crippen molar-refractivity contribution in [1.29, 1.82) is 0 Å². The standard InChI is InChI=1S/3CH4N.CH3.Sn/c3*1-2;;/h3*1-2H2;1H3;. The summed E-state index contributed by atoms with van der Waals surface area (Å²) in [5.74, 6) is 0. The molecule has 50 valence electrons. The Labute approximate surface area is 54.5 Å². The second-order valence-electron chi connectivity index (χ2n) is 2.42. The first-order valence-electron chi connectivity index (χ1n) is 2.79. The molecule has 0 rings (SSSR count).